The standard InChI is InChI=1S/C25H16F4N4O4/c26-22-16(7-4-8-18(22)33(35)36)23-19(11-14-5-2-1-3-6-14)32-21(13-30-23)31-17(24(32)34)12-15-9-10-20(37-15)25(27,28)29/h1-10,13,34H,11-12H2. The van der Waals surface area contributed by atoms with Crippen molar-refractivity contribution in [2.75, 3.05) is 0 Å². The molecular formula is C25H16F4N4O4. The number of halogens is 4. The molecule has 0 fully saturated rings. The first-order valence-electron chi connectivity index (χ1n) is 10.8. The summed E-state index contributed by atoms with van der Waals surface area (Å²) in [6, 6.07) is 14.6. The van der Waals surface area contributed by atoms with Crippen LogP contribution >= 0.6 is 0 Å². The summed E-state index contributed by atoms with van der Waals surface area (Å²) in [5, 5.41) is 22.4. The highest BCUT2D eigenvalue weighted by Gasteiger charge is 2.35. The molecule has 3 heterocycles. The lowest BCUT2D eigenvalue weighted by Gasteiger charge is -2.13. The van der Waals surface area contributed by atoms with E-state index in [-0.39, 0.29) is 46.9 Å². The number of benzene rings is 2. The summed E-state index contributed by atoms with van der Waals surface area (Å²) >= 11 is 0. The Labute approximate surface area is 205 Å². The minimum absolute atomic E-state index is 0.0100. The van der Waals surface area contributed by atoms with Gasteiger partial charge in [-0.1, -0.05) is 36.4 Å². The molecule has 0 aliphatic rings. The lowest BCUT2D eigenvalue weighted by molar-refractivity contribution is -0.387. The smallest absolute Gasteiger partial charge is 0.449 e. The molecule has 3 aromatic heterocycles. The summed E-state index contributed by atoms with van der Waals surface area (Å²) in [7, 11) is 0. The van der Waals surface area contributed by atoms with Crippen LogP contribution < -0.4 is 0 Å². The van der Waals surface area contributed by atoms with Gasteiger partial charge in [-0.05, 0) is 23.8 Å². The zero-order valence-corrected chi connectivity index (χ0v) is 18.7. The molecule has 1 N–H and O–H groups in total. The Kier molecular flexibility index (Phi) is 5.86. The molecule has 0 saturated heterocycles. The number of hydrogen-bond acceptors (Lipinski definition) is 6. The van der Waals surface area contributed by atoms with Crippen molar-refractivity contribution in [1.82, 2.24) is 14.4 Å². The van der Waals surface area contributed by atoms with Crippen LogP contribution in [0.15, 0.2) is 71.3 Å². The van der Waals surface area contributed by atoms with Gasteiger partial charge in [-0.2, -0.15) is 17.6 Å². The maximum absolute atomic E-state index is 15.1. The second kappa shape index (κ2) is 9.04. The number of furan rings is 1. The minimum atomic E-state index is -4.66. The number of aromatic hydroxyl groups is 1. The number of alkyl halides is 3. The highest BCUT2D eigenvalue weighted by molar-refractivity contribution is 5.68. The summed E-state index contributed by atoms with van der Waals surface area (Å²) in [6.45, 7) is 0. The van der Waals surface area contributed by atoms with Crippen molar-refractivity contribution in [3.05, 3.63) is 111 Å². The van der Waals surface area contributed by atoms with E-state index >= 15 is 4.39 Å². The third-order valence-electron chi connectivity index (χ3n) is 5.73. The van der Waals surface area contributed by atoms with Crippen LogP contribution in [0.4, 0.5) is 23.2 Å². The Bertz CT molecular complexity index is 1630. The molecule has 0 unspecified atom stereocenters. The largest absolute Gasteiger partial charge is 0.493 e. The highest BCUT2D eigenvalue weighted by Crippen LogP contribution is 2.35. The Balaban J connectivity index is 1.67. The molecule has 0 aliphatic carbocycles. The molecule has 0 atom stereocenters. The first-order chi connectivity index (χ1) is 17.6. The third-order valence-corrected chi connectivity index (χ3v) is 5.73. The predicted octanol–water partition coefficient (Wildman–Crippen LogP) is 5.94. The molecule has 5 rings (SSSR count). The molecule has 188 valence electrons. The van der Waals surface area contributed by atoms with Crippen molar-refractivity contribution in [3.63, 3.8) is 0 Å². The molecule has 0 spiro atoms. The van der Waals surface area contributed by atoms with Gasteiger partial charge in [0.2, 0.25) is 17.5 Å². The second-order valence-electron chi connectivity index (χ2n) is 8.13. The molecule has 8 nitrogen and oxygen atoms in total. The lowest BCUT2D eigenvalue weighted by Crippen LogP contribution is -2.05. The molecule has 0 saturated carbocycles. The second-order valence-corrected chi connectivity index (χ2v) is 8.13. The van der Waals surface area contributed by atoms with E-state index in [4.69, 9.17) is 4.42 Å². The third kappa shape index (κ3) is 4.48. The van der Waals surface area contributed by atoms with E-state index in [2.05, 4.69) is 9.97 Å². The van der Waals surface area contributed by atoms with Gasteiger partial charge in [-0.15, -0.1) is 0 Å². The number of aromatic nitrogens is 3. The van der Waals surface area contributed by atoms with E-state index in [1.807, 2.05) is 0 Å². The summed E-state index contributed by atoms with van der Waals surface area (Å²) in [5.41, 5.74) is 0.339. The normalized spacial score (nSPS) is 11.8. The van der Waals surface area contributed by atoms with Crippen molar-refractivity contribution in [2.24, 2.45) is 0 Å². The highest BCUT2D eigenvalue weighted by atomic mass is 19.4. The average Bonchev–Trinajstić information content (AvgIpc) is 3.45. The zero-order valence-electron chi connectivity index (χ0n) is 18.7. The maximum atomic E-state index is 15.1. The Morgan fingerprint density at radius 1 is 1.03 bits per heavy atom. The molecule has 5 aromatic rings. The zero-order chi connectivity index (χ0) is 26.3. The van der Waals surface area contributed by atoms with Gasteiger partial charge < -0.3 is 9.52 Å². The number of nitrogens with zero attached hydrogens (tertiary/aromatic N) is 4. The van der Waals surface area contributed by atoms with Crippen molar-refractivity contribution >= 4 is 11.3 Å². The average molecular weight is 512 g/mol. The quantitative estimate of drug-likeness (QED) is 0.171. The van der Waals surface area contributed by atoms with Gasteiger partial charge in [0.05, 0.1) is 28.9 Å². The monoisotopic (exact) mass is 512 g/mol. The first kappa shape index (κ1) is 24.0. The minimum Gasteiger partial charge on any atom is -0.493 e. The van der Waals surface area contributed by atoms with Crippen LogP contribution in [0.2, 0.25) is 0 Å². The van der Waals surface area contributed by atoms with Gasteiger partial charge in [0, 0.05) is 18.1 Å². The van der Waals surface area contributed by atoms with E-state index in [1.165, 1.54) is 22.7 Å². The van der Waals surface area contributed by atoms with E-state index in [0.717, 1.165) is 23.8 Å². The van der Waals surface area contributed by atoms with Crippen LogP contribution in [0.25, 0.3) is 16.9 Å². The molecule has 0 amide bonds. The van der Waals surface area contributed by atoms with E-state index in [1.54, 1.807) is 30.3 Å². The fraction of sp³-hybridized carbons (Fsp3) is 0.120. The van der Waals surface area contributed by atoms with Crippen LogP contribution in [0, 0.1) is 15.9 Å². The number of nitro groups is 1. The summed E-state index contributed by atoms with van der Waals surface area (Å²) in [4.78, 5) is 19.0. The molecule has 2 aromatic carbocycles. The van der Waals surface area contributed by atoms with Gasteiger partial charge >= 0.3 is 11.9 Å². The van der Waals surface area contributed by atoms with Crippen LogP contribution in [0.3, 0.4) is 0 Å². The van der Waals surface area contributed by atoms with E-state index in [9.17, 15) is 28.4 Å². The Hall–Kier alpha value is -4.74. The first-order valence-corrected chi connectivity index (χ1v) is 10.8. The fourth-order valence-corrected chi connectivity index (χ4v) is 4.06. The number of nitro benzene ring substituents is 1. The summed E-state index contributed by atoms with van der Waals surface area (Å²) in [6.07, 6.45) is -3.54. The predicted molar refractivity (Wildman–Crippen MR) is 122 cm³/mol. The van der Waals surface area contributed by atoms with Gasteiger partial charge in [0.25, 0.3) is 0 Å². The maximum Gasteiger partial charge on any atom is 0.449 e. The molecule has 0 radical (unpaired) electrons. The topological polar surface area (TPSA) is 107 Å². The van der Waals surface area contributed by atoms with E-state index in [0.29, 0.717) is 0 Å². The summed E-state index contributed by atoms with van der Waals surface area (Å²) in [5.74, 6) is -2.75. The molecule has 0 aliphatic heterocycles. The van der Waals surface area contributed by atoms with Crippen molar-refractivity contribution in [1.29, 1.82) is 0 Å². The van der Waals surface area contributed by atoms with Crippen LogP contribution in [0.5, 0.6) is 5.88 Å². The van der Waals surface area contributed by atoms with Gasteiger partial charge in [0.15, 0.2) is 5.65 Å². The Morgan fingerprint density at radius 3 is 2.46 bits per heavy atom. The molecule has 12 heteroatoms. The fourth-order valence-electron chi connectivity index (χ4n) is 4.06. The van der Waals surface area contributed by atoms with Crippen LogP contribution in [0.1, 0.15) is 28.5 Å². The Morgan fingerprint density at radius 2 is 1.78 bits per heavy atom. The molecular weight excluding hydrogens is 496 g/mol. The van der Waals surface area contributed by atoms with Crippen molar-refractivity contribution in [3.8, 4) is 17.1 Å². The van der Waals surface area contributed by atoms with Crippen molar-refractivity contribution < 1.29 is 32.0 Å². The number of fused-ring (bicyclic) bond motifs is 1. The van der Waals surface area contributed by atoms with Crippen LogP contribution in [-0.4, -0.2) is 24.4 Å². The number of rotatable bonds is 6. The summed E-state index contributed by atoms with van der Waals surface area (Å²) < 4.78 is 60.1. The number of hydrogen-bond donors (Lipinski definition) is 1. The van der Waals surface area contributed by atoms with Gasteiger partial charge in [0.1, 0.15) is 11.5 Å². The molecule has 37 heavy (non-hydrogen) atoms. The van der Waals surface area contributed by atoms with Gasteiger partial charge in [-0.25, -0.2) is 4.98 Å². The van der Waals surface area contributed by atoms with E-state index < -0.39 is 34.2 Å². The van der Waals surface area contributed by atoms with Gasteiger partial charge in [-0.3, -0.25) is 19.5 Å². The molecule has 0 bridgehead atoms. The van der Waals surface area contributed by atoms with Crippen LogP contribution in [-0.2, 0) is 19.0 Å². The SMILES string of the molecule is O=[N+]([O-])c1cccc(-c2ncc3nc(Cc4ccc(C(F)(F)F)o4)c(O)n3c2Cc2ccccc2)c1F. The number of imidazole rings is 1. The lowest BCUT2D eigenvalue weighted by atomic mass is 10.0. The van der Waals surface area contributed by atoms with Crippen molar-refractivity contribution in [2.45, 2.75) is 19.0 Å².